The molecule has 1 aliphatic rings. The van der Waals surface area contributed by atoms with Crippen LogP contribution in [0.25, 0.3) is 0 Å². The molecule has 1 amide bonds. The van der Waals surface area contributed by atoms with Crippen LogP contribution in [-0.2, 0) is 14.8 Å². The lowest BCUT2D eigenvalue weighted by molar-refractivity contribution is -0.122. The molecule has 1 fully saturated rings. The second-order valence-corrected chi connectivity index (χ2v) is 5.14. The second-order valence-electron chi connectivity index (χ2n) is 3.27. The van der Waals surface area contributed by atoms with Crippen LogP contribution in [0.2, 0.25) is 0 Å². The summed E-state index contributed by atoms with van der Waals surface area (Å²) < 4.78 is 25.0. The number of amides is 1. The Morgan fingerprint density at radius 2 is 2.29 bits per heavy atom. The maximum absolute atomic E-state index is 11.3. The van der Waals surface area contributed by atoms with Crippen molar-refractivity contribution in [2.24, 2.45) is 5.73 Å². The van der Waals surface area contributed by atoms with Gasteiger partial charge >= 0.3 is 0 Å². The van der Waals surface area contributed by atoms with Crippen molar-refractivity contribution in [3.05, 3.63) is 0 Å². The van der Waals surface area contributed by atoms with Crippen molar-refractivity contribution >= 4 is 15.9 Å². The molecule has 4 N–H and O–H groups in total. The van der Waals surface area contributed by atoms with Gasteiger partial charge in [0.25, 0.3) is 0 Å². The highest BCUT2D eigenvalue weighted by Gasteiger charge is 2.22. The first-order valence-electron chi connectivity index (χ1n) is 4.50. The minimum Gasteiger partial charge on any atom is -0.355 e. The molecular weight excluding hydrogens is 206 g/mol. The molecule has 1 heterocycles. The molecule has 7 heteroatoms. The number of carbonyl (C=O) groups is 1. The molecule has 6 nitrogen and oxygen atoms in total. The Kier molecular flexibility index (Phi) is 3.85. The van der Waals surface area contributed by atoms with Gasteiger partial charge < -0.3 is 11.1 Å². The minimum atomic E-state index is -3.28. The second kappa shape index (κ2) is 4.72. The number of nitrogens with two attached hydrogens (primary N) is 1. The number of hydrogen-bond donors (Lipinski definition) is 3. The summed E-state index contributed by atoms with van der Waals surface area (Å²) in [6.07, 6.45) is 0.922. The molecule has 0 saturated carbocycles. The fraction of sp³-hybridized carbons (Fsp3) is 0.857. The summed E-state index contributed by atoms with van der Waals surface area (Å²) in [7, 11) is -3.28. The van der Waals surface area contributed by atoms with Crippen molar-refractivity contribution in [2.45, 2.75) is 18.9 Å². The molecule has 1 rings (SSSR count). The molecule has 0 radical (unpaired) electrons. The molecule has 0 aromatic rings. The van der Waals surface area contributed by atoms with E-state index in [1.54, 1.807) is 0 Å². The molecule has 1 aliphatic heterocycles. The highest BCUT2D eigenvalue weighted by molar-refractivity contribution is 7.89. The molecule has 0 aromatic carbocycles. The summed E-state index contributed by atoms with van der Waals surface area (Å²) in [5, 5.41) is 2.60. The Bertz CT molecular complexity index is 291. The zero-order chi connectivity index (χ0) is 10.6. The molecule has 0 spiro atoms. The van der Waals surface area contributed by atoms with Gasteiger partial charge in [0.1, 0.15) is 0 Å². The topological polar surface area (TPSA) is 101 Å². The van der Waals surface area contributed by atoms with Gasteiger partial charge in [0.15, 0.2) is 0 Å². The molecule has 1 unspecified atom stereocenters. The van der Waals surface area contributed by atoms with Gasteiger partial charge in [-0.15, -0.1) is 0 Å². The summed E-state index contributed by atoms with van der Waals surface area (Å²) in [5.74, 6) is -0.100. The quantitative estimate of drug-likeness (QED) is 0.518. The highest BCUT2D eigenvalue weighted by atomic mass is 32.2. The van der Waals surface area contributed by atoms with Crippen molar-refractivity contribution in [2.75, 3.05) is 18.8 Å². The molecular formula is C7H15N3O3S. The Balaban J connectivity index is 2.41. The molecule has 1 atom stereocenters. The SMILES string of the molecule is NCCS(=O)(=O)NC1CCC(=O)NC1. The fourth-order valence-corrected chi connectivity index (χ4v) is 2.44. The number of nitrogens with one attached hydrogen (secondary N) is 2. The van der Waals surface area contributed by atoms with E-state index in [0.29, 0.717) is 19.4 Å². The molecule has 14 heavy (non-hydrogen) atoms. The van der Waals surface area contributed by atoms with Crippen LogP contribution in [0.4, 0.5) is 0 Å². The standard InChI is InChI=1S/C7H15N3O3S/c8-3-4-14(12,13)10-6-1-2-7(11)9-5-6/h6,10H,1-5,8H2,(H,9,11). The lowest BCUT2D eigenvalue weighted by Gasteiger charge is -2.23. The van der Waals surface area contributed by atoms with Crippen molar-refractivity contribution < 1.29 is 13.2 Å². The fourth-order valence-electron chi connectivity index (χ4n) is 1.30. The van der Waals surface area contributed by atoms with Crippen LogP contribution in [0.5, 0.6) is 0 Å². The van der Waals surface area contributed by atoms with Crippen LogP contribution in [0.15, 0.2) is 0 Å². The van der Waals surface area contributed by atoms with E-state index in [1.165, 1.54) is 0 Å². The smallest absolute Gasteiger partial charge is 0.220 e. The number of sulfonamides is 1. The van der Waals surface area contributed by atoms with Gasteiger partial charge in [-0.05, 0) is 6.42 Å². The van der Waals surface area contributed by atoms with Crippen molar-refractivity contribution in [1.29, 1.82) is 0 Å². The van der Waals surface area contributed by atoms with Crippen molar-refractivity contribution in [3.8, 4) is 0 Å². The average molecular weight is 221 g/mol. The van der Waals surface area contributed by atoms with Gasteiger partial charge in [-0.1, -0.05) is 0 Å². The zero-order valence-corrected chi connectivity index (χ0v) is 8.64. The van der Waals surface area contributed by atoms with Gasteiger partial charge in [0, 0.05) is 25.6 Å². The van der Waals surface area contributed by atoms with Crippen LogP contribution in [0, 0.1) is 0 Å². The van der Waals surface area contributed by atoms with E-state index in [9.17, 15) is 13.2 Å². The molecule has 0 aromatic heterocycles. The average Bonchev–Trinajstić information content (AvgIpc) is 2.08. The van der Waals surface area contributed by atoms with Crippen LogP contribution in [0.1, 0.15) is 12.8 Å². The highest BCUT2D eigenvalue weighted by Crippen LogP contribution is 2.03. The Hall–Kier alpha value is -0.660. The van der Waals surface area contributed by atoms with Crippen LogP contribution in [-0.4, -0.2) is 39.2 Å². The summed E-state index contributed by atoms with van der Waals surface area (Å²) >= 11 is 0. The predicted molar refractivity (Wildman–Crippen MR) is 52.0 cm³/mol. The summed E-state index contributed by atoms with van der Waals surface area (Å²) in [6, 6.07) is -0.191. The van der Waals surface area contributed by atoms with E-state index in [0.717, 1.165) is 0 Å². The number of carbonyl (C=O) groups excluding carboxylic acids is 1. The van der Waals surface area contributed by atoms with E-state index in [-0.39, 0.29) is 24.2 Å². The maximum atomic E-state index is 11.3. The van der Waals surface area contributed by atoms with Gasteiger partial charge in [0.05, 0.1) is 5.75 Å². The number of hydrogen-bond acceptors (Lipinski definition) is 4. The van der Waals surface area contributed by atoms with Crippen molar-refractivity contribution in [1.82, 2.24) is 10.0 Å². The summed E-state index contributed by atoms with van der Waals surface area (Å²) in [4.78, 5) is 10.8. The van der Waals surface area contributed by atoms with Crippen LogP contribution >= 0.6 is 0 Å². The van der Waals surface area contributed by atoms with E-state index in [4.69, 9.17) is 5.73 Å². The largest absolute Gasteiger partial charge is 0.355 e. The lowest BCUT2D eigenvalue weighted by atomic mass is 10.1. The van der Waals surface area contributed by atoms with Gasteiger partial charge in [0.2, 0.25) is 15.9 Å². The first kappa shape index (κ1) is 11.4. The van der Waals surface area contributed by atoms with Gasteiger partial charge in [-0.25, -0.2) is 13.1 Å². The van der Waals surface area contributed by atoms with E-state index < -0.39 is 10.0 Å². The first-order valence-corrected chi connectivity index (χ1v) is 6.15. The van der Waals surface area contributed by atoms with E-state index in [2.05, 4.69) is 10.0 Å². The monoisotopic (exact) mass is 221 g/mol. The molecule has 0 aliphatic carbocycles. The van der Waals surface area contributed by atoms with Gasteiger partial charge in [-0.2, -0.15) is 0 Å². The Morgan fingerprint density at radius 1 is 1.57 bits per heavy atom. The maximum Gasteiger partial charge on any atom is 0.220 e. The summed E-state index contributed by atoms with van der Waals surface area (Å²) in [5.41, 5.74) is 5.15. The third-order valence-electron chi connectivity index (χ3n) is 2.00. The number of piperidine rings is 1. The van der Waals surface area contributed by atoms with Crippen LogP contribution in [0.3, 0.4) is 0 Å². The predicted octanol–water partition coefficient (Wildman–Crippen LogP) is -1.86. The Labute approximate surface area is 83.3 Å². The first-order chi connectivity index (χ1) is 6.53. The normalized spacial score (nSPS) is 23.2. The zero-order valence-electron chi connectivity index (χ0n) is 7.82. The molecule has 0 bridgehead atoms. The third kappa shape index (κ3) is 3.60. The number of rotatable bonds is 4. The Morgan fingerprint density at radius 3 is 2.79 bits per heavy atom. The lowest BCUT2D eigenvalue weighted by Crippen LogP contribution is -2.48. The third-order valence-corrected chi connectivity index (χ3v) is 3.46. The van der Waals surface area contributed by atoms with Crippen LogP contribution < -0.4 is 15.8 Å². The van der Waals surface area contributed by atoms with Gasteiger partial charge in [-0.3, -0.25) is 4.79 Å². The molecule has 1 saturated heterocycles. The van der Waals surface area contributed by atoms with E-state index >= 15 is 0 Å². The molecule has 82 valence electrons. The van der Waals surface area contributed by atoms with Crippen molar-refractivity contribution in [3.63, 3.8) is 0 Å². The summed E-state index contributed by atoms with van der Waals surface area (Å²) in [6.45, 7) is 0.469. The van der Waals surface area contributed by atoms with E-state index in [1.807, 2.05) is 0 Å². The minimum absolute atomic E-state index is 0.0285.